The van der Waals surface area contributed by atoms with Gasteiger partial charge in [-0.05, 0) is 37.5 Å². The predicted molar refractivity (Wildman–Crippen MR) is 59.1 cm³/mol. The number of hydrogen-bond acceptors (Lipinski definition) is 3. The van der Waals surface area contributed by atoms with Crippen LogP contribution in [0.15, 0.2) is 12.2 Å². The third kappa shape index (κ3) is 1.88. The molecular weight excluding hydrogens is 261 g/mol. The number of fused-ring (bicyclic) bond motifs is 1. The molecule has 6 atom stereocenters. The van der Waals surface area contributed by atoms with E-state index >= 15 is 0 Å². The maximum atomic E-state index is 12.4. The van der Waals surface area contributed by atoms with Crippen LogP contribution < -0.4 is 0 Å². The van der Waals surface area contributed by atoms with Crippen molar-refractivity contribution in [3.8, 4) is 0 Å². The van der Waals surface area contributed by atoms with Crippen molar-refractivity contribution in [2.24, 2.45) is 17.8 Å². The van der Waals surface area contributed by atoms with Gasteiger partial charge in [-0.2, -0.15) is 13.2 Å². The summed E-state index contributed by atoms with van der Waals surface area (Å²) in [6.07, 6.45) is -3.65. The molecule has 3 fully saturated rings. The number of hydrogen-bond donors (Lipinski definition) is 0. The van der Waals surface area contributed by atoms with Crippen LogP contribution in [-0.2, 0) is 14.3 Å². The molecule has 2 bridgehead atoms. The highest BCUT2D eigenvalue weighted by atomic mass is 19.4. The molecule has 0 aromatic heterocycles. The minimum atomic E-state index is -4.74. The minimum absolute atomic E-state index is 0.106. The third-order valence-corrected chi connectivity index (χ3v) is 4.72. The van der Waals surface area contributed by atoms with Crippen LogP contribution in [0, 0.1) is 17.8 Å². The lowest BCUT2D eigenvalue weighted by atomic mass is 9.85. The Morgan fingerprint density at radius 3 is 2.58 bits per heavy atom. The highest BCUT2D eigenvalue weighted by Crippen LogP contribution is 2.57. The molecule has 0 aromatic carbocycles. The first kappa shape index (κ1) is 13.0. The van der Waals surface area contributed by atoms with Gasteiger partial charge in [-0.15, -0.1) is 0 Å². The number of esters is 1. The van der Waals surface area contributed by atoms with Gasteiger partial charge in [0.15, 0.2) is 0 Å². The molecule has 6 heteroatoms. The van der Waals surface area contributed by atoms with Crippen LogP contribution in [0.5, 0.6) is 0 Å². The van der Waals surface area contributed by atoms with E-state index in [1.165, 1.54) is 0 Å². The first-order valence-corrected chi connectivity index (χ1v) is 6.41. The molecule has 19 heavy (non-hydrogen) atoms. The first-order chi connectivity index (χ1) is 8.79. The normalized spacial score (nSPS) is 43.6. The zero-order valence-electron chi connectivity index (χ0n) is 10.4. The van der Waals surface area contributed by atoms with Crippen molar-refractivity contribution in [1.29, 1.82) is 0 Å². The Morgan fingerprint density at radius 1 is 1.32 bits per heavy atom. The summed E-state index contributed by atoms with van der Waals surface area (Å²) in [5.41, 5.74) is -1.45. The maximum absolute atomic E-state index is 12.4. The Balaban J connectivity index is 1.69. The molecule has 0 N–H and O–H groups in total. The van der Waals surface area contributed by atoms with Gasteiger partial charge in [-0.1, -0.05) is 6.58 Å². The van der Waals surface area contributed by atoms with E-state index in [4.69, 9.17) is 9.47 Å². The minimum Gasteiger partial charge on any atom is -0.456 e. The zero-order valence-corrected chi connectivity index (χ0v) is 10.4. The largest absolute Gasteiger partial charge is 0.456 e. The Hall–Kier alpha value is -1.04. The van der Waals surface area contributed by atoms with Gasteiger partial charge in [0.05, 0.1) is 12.2 Å². The topological polar surface area (TPSA) is 35.5 Å². The molecule has 3 rings (SSSR count). The molecule has 0 spiro atoms. The Bertz CT molecular complexity index is 431. The van der Waals surface area contributed by atoms with E-state index in [9.17, 15) is 18.0 Å². The van der Waals surface area contributed by atoms with Crippen molar-refractivity contribution in [2.45, 2.75) is 44.3 Å². The molecule has 1 heterocycles. The number of halogens is 3. The maximum Gasteiger partial charge on any atom is 0.422 e. The van der Waals surface area contributed by atoms with Gasteiger partial charge in [0, 0.05) is 0 Å². The summed E-state index contributed by atoms with van der Waals surface area (Å²) in [5.74, 6) is -0.438. The lowest BCUT2D eigenvalue weighted by Crippen LogP contribution is -2.37. The fraction of sp³-hybridized carbons (Fsp3) is 0.769. The SMILES string of the molecule is C=C(C(=O)OC1C2CC3C(C)OC1C3C2)C(F)(F)F. The molecule has 3 nitrogen and oxygen atoms in total. The quantitative estimate of drug-likeness (QED) is 0.574. The van der Waals surface area contributed by atoms with Gasteiger partial charge < -0.3 is 9.47 Å². The van der Waals surface area contributed by atoms with Crippen molar-refractivity contribution in [3.63, 3.8) is 0 Å². The lowest BCUT2D eigenvalue weighted by Gasteiger charge is -2.26. The lowest BCUT2D eigenvalue weighted by molar-refractivity contribution is -0.163. The average molecular weight is 276 g/mol. The summed E-state index contributed by atoms with van der Waals surface area (Å²) < 4.78 is 47.9. The van der Waals surface area contributed by atoms with Crippen LogP contribution in [0.4, 0.5) is 13.2 Å². The van der Waals surface area contributed by atoms with Crippen molar-refractivity contribution in [3.05, 3.63) is 12.2 Å². The van der Waals surface area contributed by atoms with Crippen molar-refractivity contribution < 1.29 is 27.4 Å². The van der Waals surface area contributed by atoms with E-state index in [0.29, 0.717) is 11.8 Å². The van der Waals surface area contributed by atoms with Crippen LogP contribution in [0.1, 0.15) is 19.8 Å². The van der Waals surface area contributed by atoms with Crippen LogP contribution in [0.2, 0.25) is 0 Å². The Kier molecular flexibility index (Phi) is 2.71. The summed E-state index contributed by atoms with van der Waals surface area (Å²) in [6, 6.07) is 0. The number of alkyl halides is 3. The second-order valence-electron chi connectivity index (χ2n) is 5.71. The van der Waals surface area contributed by atoms with Gasteiger partial charge in [0.2, 0.25) is 0 Å². The molecule has 1 aliphatic heterocycles. The number of ether oxygens (including phenoxy) is 2. The second-order valence-corrected chi connectivity index (χ2v) is 5.71. The fourth-order valence-corrected chi connectivity index (χ4v) is 3.84. The van der Waals surface area contributed by atoms with E-state index in [0.717, 1.165) is 12.8 Å². The van der Waals surface area contributed by atoms with Crippen molar-refractivity contribution >= 4 is 5.97 Å². The number of carbonyl (C=O) groups excluding carboxylic acids is 1. The summed E-state index contributed by atoms with van der Waals surface area (Å²) in [4.78, 5) is 11.5. The standard InChI is InChI=1S/C13H15F3O3/c1-5(13(14,15)16)12(17)19-10-7-3-8-6(2)18-11(10)9(8)4-7/h6-11H,1,3-4H2,2H3. The van der Waals surface area contributed by atoms with Gasteiger partial charge in [0.25, 0.3) is 0 Å². The van der Waals surface area contributed by atoms with Crippen LogP contribution in [0.3, 0.4) is 0 Å². The highest BCUT2D eigenvalue weighted by Gasteiger charge is 2.61. The van der Waals surface area contributed by atoms with E-state index in [1.807, 2.05) is 6.92 Å². The predicted octanol–water partition coefficient (Wildman–Crippen LogP) is 2.46. The summed E-state index contributed by atoms with van der Waals surface area (Å²) >= 11 is 0. The van der Waals surface area contributed by atoms with Crippen LogP contribution in [-0.4, -0.2) is 30.5 Å². The van der Waals surface area contributed by atoms with Gasteiger partial charge >= 0.3 is 12.1 Å². The summed E-state index contributed by atoms with van der Waals surface area (Å²) in [5, 5.41) is 0. The molecule has 0 radical (unpaired) electrons. The average Bonchev–Trinajstić information content (AvgIpc) is 2.91. The van der Waals surface area contributed by atoms with Gasteiger partial charge in [0.1, 0.15) is 11.7 Å². The molecule has 2 aliphatic carbocycles. The third-order valence-electron chi connectivity index (χ3n) is 4.72. The molecule has 0 amide bonds. The summed E-state index contributed by atoms with van der Waals surface area (Å²) in [7, 11) is 0. The van der Waals surface area contributed by atoms with E-state index in [-0.39, 0.29) is 18.1 Å². The van der Waals surface area contributed by atoms with Gasteiger partial charge in [-0.3, -0.25) is 0 Å². The molecule has 106 valence electrons. The molecule has 1 saturated heterocycles. The van der Waals surface area contributed by atoms with Crippen molar-refractivity contribution in [1.82, 2.24) is 0 Å². The fourth-order valence-electron chi connectivity index (χ4n) is 3.84. The van der Waals surface area contributed by atoms with E-state index in [1.54, 1.807) is 0 Å². The number of carbonyl (C=O) groups is 1. The molecule has 0 aromatic rings. The molecule has 2 saturated carbocycles. The molecule has 3 aliphatic rings. The van der Waals surface area contributed by atoms with Crippen molar-refractivity contribution in [2.75, 3.05) is 0 Å². The monoisotopic (exact) mass is 276 g/mol. The first-order valence-electron chi connectivity index (χ1n) is 6.41. The van der Waals surface area contributed by atoms with E-state index in [2.05, 4.69) is 6.58 Å². The Morgan fingerprint density at radius 2 is 1.95 bits per heavy atom. The van der Waals surface area contributed by atoms with Crippen LogP contribution in [0.25, 0.3) is 0 Å². The van der Waals surface area contributed by atoms with Crippen LogP contribution >= 0.6 is 0 Å². The smallest absolute Gasteiger partial charge is 0.422 e. The number of rotatable bonds is 2. The highest BCUT2D eigenvalue weighted by molar-refractivity contribution is 5.89. The Labute approximate surface area is 108 Å². The molecule has 6 unspecified atom stereocenters. The summed E-state index contributed by atoms with van der Waals surface area (Å²) in [6.45, 7) is 4.74. The second kappa shape index (κ2) is 3.98. The van der Waals surface area contributed by atoms with E-state index < -0.39 is 23.8 Å². The molecular formula is C13H15F3O3. The van der Waals surface area contributed by atoms with Gasteiger partial charge in [-0.25, -0.2) is 4.79 Å². The zero-order chi connectivity index (χ0) is 13.9.